The summed E-state index contributed by atoms with van der Waals surface area (Å²) >= 11 is 0. The van der Waals surface area contributed by atoms with Crippen LogP contribution in [-0.4, -0.2) is 33.6 Å². The van der Waals surface area contributed by atoms with Crippen molar-refractivity contribution in [2.45, 2.75) is 44.8 Å². The minimum atomic E-state index is 0.564. The van der Waals surface area contributed by atoms with Gasteiger partial charge in [-0.25, -0.2) is 4.98 Å². The minimum Gasteiger partial charge on any atom is -0.331 e. The van der Waals surface area contributed by atoms with Crippen LogP contribution in [0.4, 0.5) is 0 Å². The van der Waals surface area contributed by atoms with E-state index in [1.807, 2.05) is 6.20 Å². The van der Waals surface area contributed by atoms with Crippen molar-refractivity contribution in [1.29, 1.82) is 0 Å². The standard InChI is InChI=1S/C12H20N4/c13-8-12-14-9-11-7-10(3-6-16(11)12)15-4-1-2-5-15/h9-10H,1-8,13H2. The van der Waals surface area contributed by atoms with Crippen LogP contribution in [0.15, 0.2) is 6.20 Å². The van der Waals surface area contributed by atoms with E-state index in [9.17, 15) is 0 Å². The molecule has 1 fully saturated rings. The van der Waals surface area contributed by atoms with Gasteiger partial charge in [0.05, 0.1) is 6.54 Å². The second-order valence-corrected chi connectivity index (χ2v) is 4.91. The number of hydrogen-bond acceptors (Lipinski definition) is 3. The largest absolute Gasteiger partial charge is 0.331 e. The van der Waals surface area contributed by atoms with Gasteiger partial charge in [-0.05, 0) is 32.4 Å². The highest BCUT2D eigenvalue weighted by molar-refractivity contribution is 5.10. The third-order valence-corrected chi connectivity index (χ3v) is 3.99. The first-order valence-electron chi connectivity index (χ1n) is 6.36. The van der Waals surface area contributed by atoms with Gasteiger partial charge in [0.1, 0.15) is 5.82 Å². The van der Waals surface area contributed by atoms with E-state index < -0.39 is 0 Å². The Labute approximate surface area is 96.4 Å². The molecular weight excluding hydrogens is 200 g/mol. The topological polar surface area (TPSA) is 47.1 Å². The average Bonchev–Trinajstić information content (AvgIpc) is 2.97. The fourth-order valence-electron chi connectivity index (χ4n) is 3.09. The van der Waals surface area contributed by atoms with Crippen molar-refractivity contribution in [2.24, 2.45) is 5.73 Å². The maximum Gasteiger partial charge on any atom is 0.122 e. The van der Waals surface area contributed by atoms with Gasteiger partial charge in [0.25, 0.3) is 0 Å². The van der Waals surface area contributed by atoms with Gasteiger partial charge in [-0.1, -0.05) is 0 Å². The summed E-state index contributed by atoms with van der Waals surface area (Å²) in [6.07, 6.45) is 7.20. The van der Waals surface area contributed by atoms with Crippen LogP contribution in [0, 0.1) is 0 Å². The van der Waals surface area contributed by atoms with Gasteiger partial charge in [-0.2, -0.15) is 0 Å². The third kappa shape index (κ3) is 1.66. The lowest BCUT2D eigenvalue weighted by atomic mass is 10.0. The molecule has 0 radical (unpaired) electrons. The Kier molecular flexibility index (Phi) is 2.69. The maximum atomic E-state index is 5.68. The summed E-state index contributed by atoms with van der Waals surface area (Å²) in [4.78, 5) is 7.05. The van der Waals surface area contributed by atoms with Gasteiger partial charge in [0.2, 0.25) is 0 Å². The molecule has 2 aliphatic rings. The smallest absolute Gasteiger partial charge is 0.122 e. The summed E-state index contributed by atoms with van der Waals surface area (Å²) in [5, 5.41) is 0. The van der Waals surface area contributed by atoms with Gasteiger partial charge < -0.3 is 10.3 Å². The summed E-state index contributed by atoms with van der Waals surface area (Å²) in [6, 6.07) is 0.748. The molecule has 0 amide bonds. The molecule has 16 heavy (non-hydrogen) atoms. The third-order valence-electron chi connectivity index (χ3n) is 3.99. The van der Waals surface area contributed by atoms with Crippen molar-refractivity contribution in [1.82, 2.24) is 14.5 Å². The zero-order chi connectivity index (χ0) is 11.0. The number of hydrogen-bond donors (Lipinski definition) is 1. The number of aromatic nitrogens is 2. The zero-order valence-electron chi connectivity index (χ0n) is 9.73. The molecule has 4 nitrogen and oxygen atoms in total. The van der Waals surface area contributed by atoms with Crippen LogP contribution in [0.5, 0.6) is 0 Å². The zero-order valence-corrected chi connectivity index (χ0v) is 9.73. The van der Waals surface area contributed by atoms with E-state index in [1.54, 1.807) is 0 Å². The van der Waals surface area contributed by atoms with E-state index in [1.165, 1.54) is 38.0 Å². The van der Waals surface area contributed by atoms with E-state index in [2.05, 4.69) is 14.5 Å². The normalized spacial score (nSPS) is 25.9. The Morgan fingerprint density at radius 1 is 1.31 bits per heavy atom. The lowest BCUT2D eigenvalue weighted by Crippen LogP contribution is -2.38. The lowest BCUT2D eigenvalue weighted by Gasteiger charge is -2.32. The van der Waals surface area contributed by atoms with Gasteiger partial charge in [-0.3, -0.25) is 4.90 Å². The molecule has 1 unspecified atom stereocenters. The molecule has 0 aromatic carbocycles. The fraction of sp³-hybridized carbons (Fsp3) is 0.750. The average molecular weight is 220 g/mol. The summed E-state index contributed by atoms with van der Waals surface area (Å²) in [5.74, 6) is 1.05. The van der Waals surface area contributed by atoms with Crippen molar-refractivity contribution in [3.05, 3.63) is 17.7 Å². The Hall–Kier alpha value is -0.870. The van der Waals surface area contributed by atoms with E-state index in [0.717, 1.165) is 24.8 Å². The molecule has 3 heterocycles. The highest BCUT2D eigenvalue weighted by Crippen LogP contribution is 2.23. The van der Waals surface area contributed by atoms with Gasteiger partial charge in [-0.15, -0.1) is 0 Å². The van der Waals surface area contributed by atoms with Crippen LogP contribution in [-0.2, 0) is 19.5 Å². The van der Waals surface area contributed by atoms with Crippen LogP contribution in [0.3, 0.4) is 0 Å². The first-order valence-corrected chi connectivity index (χ1v) is 6.36. The van der Waals surface area contributed by atoms with Gasteiger partial charge in [0.15, 0.2) is 0 Å². The first-order chi connectivity index (χ1) is 7.88. The van der Waals surface area contributed by atoms with E-state index >= 15 is 0 Å². The van der Waals surface area contributed by atoms with Crippen molar-refractivity contribution in [3.8, 4) is 0 Å². The molecule has 0 bridgehead atoms. The van der Waals surface area contributed by atoms with E-state index in [0.29, 0.717) is 6.54 Å². The molecule has 1 aromatic rings. The van der Waals surface area contributed by atoms with Gasteiger partial charge in [0, 0.05) is 30.9 Å². The van der Waals surface area contributed by atoms with Crippen molar-refractivity contribution in [2.75, 3.05) is 13.1 Å². The maximum absolute atomic E-state index is 5.68. The second-order valence-electron chi connectivity index (χ2n) is 4.91. The van der Waals surface area contributed by atoms with E-state index in [4.69, 9.17) is 5.73 Å². The minimum absolute atomic E-state index is 0.564. The van der Waals surface area contributed by atoms with Crippen molar-refractivity contribution in [3.63, 3.8) is 0 Å². The number of nitrogens with two attached hydrogens (primary N) is 1. The second kappa shape index (κ2) is 4.18. The Bertz CT molecular complexity index is 365. The Balaban J connectivity index is 1.76. The monoisotopic (exact) mass is 220 g/mol. The summed E-state index contributed by atoms with van der Waals surface area (Å²) in [7, 11) is 0. The molecular formula is C12H20N4. The van der Waals surface area contributed by atoms with Crippen LogP contribution in [0.25, 0.3) is 0 Å². The molecule has 0 saturated carbocycles. The molecule has 1 saturated heterocycles. The van der Waals surface area contributed by atoms with Crippen LogP contribution >= 0.6 is 0 Å². The van der Waals surface area contributed by atoms with Crippen LogP contribution in [0.1, 0.15) is 30.8 Å². The quantitative estimate of drug-likeness (QED) is 0.800. The van der Waals surface area contributed by atoms with Crippen LogP contribution < -0.4 is 5.73 Å². The highest BCUT2D eigenvalue weighted by Gasteiger charge is 2.27. The predicted molar refractivity (Wildman–Crippen MR) is 63.0 cm³/mol. The highest BCUT2D eigenvalue weighted by atomic mass is 15.2. The number of likely N-dealkylation sites (tertiary alicyclic amines) is 1. The lowest BCUT2D eigenvalue weighted by molar-refractivity contribution is 0.204. The SMILES string of the molecule is NCc1ncc2n1CCC(N1CCCC1)C2. The summed E-state index contributed by atoms with van der Waals surface area (Å²) < 4.78 is 2.31. The molecule has 4 heteroatoms. The summed E-state index contributed by atoms with van der Waals surface area (Å²) in [5.41, 5.74) is 7.06. The number of imidazole rings is 1. The molecule has 3 rings (SSSR count). The predicted octanol–water partition coefficient (Wildman–Crippen LogP) is 0.752. The Morgan fingerprint density at radius 3 is 2.88 bits per heavy atom. The molecule has 2 aliphatic heterocycles. The molecule has 1 aromatic heterocycles. The van der Waals surface area contributed by atoms with Crippen molar-refractivity contribution >= 4 is 0 Å². The first kappa shape index (κ1) is 10.3. The fourth-order valence-corrected chi connectivity index (χ4v) is 3.09. The molecule has 88 valence electrons. The Morgan fingerprint density at radius 2 is 2.12 bits per heavy atom. The van der Waals surface area contributed by atoms with Crippen molar-refractivity contribution < 1.29 is 0 Å². The number of rotatable bonds is 2. The molecule has 0 spiro atoms. The van der Waals surface area contributed by atoms with Crippen LogP contribution in [0.2, 0.25) is 0 Å². The van der Waals surface area contributed by atoms with E-state index in [-0.39, 0.29) is 0 Å². The van der Waals surface area contributed by atoms with Gasteiger partial charge >= 0.3 is 0 Å². The summed E-state index contributed by atoms with van der Waals surface area (Å²) in [6.45, 7) is 4.25. The molecule has 2 N–H and O–H groups in total. The molecule has 0 aliphatic carbocycles. The number of nitrogens with zero attached hydrogens (tertiary/aromatic N) is 3. The molecule has 1 atom stereocenters. The number of fused-ring (bicyclic) bond motifs is 1.